The topological polar surface area (TPSA) is 6.48 Å². The van der Waals surface area contributed by atoms with Crippen molar-refractivity contribution in [3.8, 4) is 0 Å². The highest BCUT2D eigenvalue weighted by Gasteiger charge is 2.23. The zero-order valence-corrected chi connectivity index (χ0v) is 22.6. The molecule has 0 aromatic carbocycles. The van der Waals surface area contributed by atoms with Crippen molar-refractivity contribution in [2.24, 2.45) is 0 Å². The highest BCUT2D eigenvalue weighted by molar-refractivity contribution is 4.96. The van der Waals surface area contributed by atoms with Gasteiger partial charge in [-0.3, -0.25) is 0 Å². The second kappa shape index (κ2) is 22.1. The van der Waals surface area contributed by atoms with E-state index >= 15 is 0 Å². The van der Waals surface area contributed by atoms with Gasteiger partial charge in [0.2, 0.25) is 0 Å². The summed E-state index contributed by atoms with van der Waals surface area (Å²) in [5.74, 6) is 0. The van der Waals surface area contributed by atoms with Crippen LogP contribution in [0.4, 0.5) is 0 Å². The third kappa shape index (κ3) is 15.2. The highest BCUT2D eigenvalue weighted by Crippen LogP contribution is 2.23. The van der Waals surface area contributed by atoms with Gasteiger partial charge in [-0.2, -0.15) is 0 Å². The van der Waals surface area contributed by atoms with Gasteiger partial charge < -0.3 is 9.80 Å². The first-order valence-electron chi connectivity index (χ1n) is 15.0. The van der Waals surface area contributed by atoms with Crippen LogP contribution in [0.15, 0.2) is 12.4 Å². The number of nitrogens with zero attached hydrogens (tertiary/aromatic N) is 2. The lowest BCUT2D eigenvalue weighted by Crippen LogP contribution is -2.38. The van der Waals surface area contributed by atoms with Gasteiger partial charge in [-0.15, -0.1) is 0 Å². The zero-order chi connectivity index (χ0) is 23.1. The first-order chi connectivity index (χ1) is 15.8. The van der Waals surface area contributed by atoms with E-state index in [2.05, 4.69) is 43.0 Å². The Morgan fingerprint density at radius 2 is 0.812 bits per heavy atom. The summed E-state index contributed by atoms with van der Waals surface area (Å²) in [7, 11) is 0. The van der Waals surface area contributed by atoms with E-state index in [0.717, 1.165) is 6.54 Å². The first kappa shape index (κ1) is 29.4. The normalized spacial score (nSPS) is 15.9. The average molecular weight is 449 g/mol. The number of hydrogen-bond donors (Lipinski definition) is 0. The fourth-order valence-electron chi connectivity index (χ4n) is 5.20. The van der Waals surface area contributed by atoms with Crippen molar-refractivity contribution in [2.75, 3.05) is 13.1 Å². The van der Waals surface area contributed by atoms with Crippen LogP contribution >= 0.6 is 0 Å². The Hall–Kier alpha value is -0.660. The summed E-state index contributed by atoms with van der Waals surface area (Å²) in [6.45, 7) is 9.32. The molecule has 0 spiro atoms. The van der Waals surface area contributed by atoms with Crippen molar-refractivity contribution < 1.29 is 0 Å². The molecule has 1 aliphatic heterocycles. The van der Waals surface area contributed by atoms with Gasteiger partial charge in [-0.1, -0.05) is 136 Å². The van der Waals surface area contributed by atoms with Crippen LogP contribution in [0.2, 0.25) is 0 Å². The molecule has 0 aromatic rings. The maximum absolute atomic E-state index is 2.64. The molecule has 0 aliphatic carbocycles. The quantitative estimate of drug-likeness (QED) is 0.135. The molecule has 0 aromatic heterocycles. The molecule has 1 rings (SSSR count). The van der Waals surface area contributed by atoms with Crippen molar-refractivity contribution in [1.29, 1.82) is 0 Å². The van der Waals surface area contributed by atoms with Crippen molar-refractivity contribution in [1.82, 2.24) is 9.80 Å². The van der Waals surface area contributed by atoms with Crippen LogP contribution in [-0.4, -0.2) is 29.1 Å². The smallest absolute Gasteiger partial charge is 0.101 e. The molecule has 0 saturated carbocycles. The van der Waals surface area contributed by atoms with E-state index in [1.54, 1.807) is 0 Å². The van der Waals surface area contributed by atoms with Crippen LogP contribution in [-0.2, 0) is 0 Å². The van der Waals surface area contributed by atoms with Crippen molar-refractivity contribution in [3.63, 3.8) is 0 Å². The van der Waals surface area contributed by atoms with Gasteiger partial charge in [0.15, 0.2) is 0 Å². The molecule has 0 fully saturated rings. The Labute approximate surface area is 203 Å². The van der Waals surface area contributed by atoms with Gasteiger partial charge in [0.05, 0.1) is 0 Å². The molecule has 0 bridgehead atoms. The third-order valence-electron chi connectivity index (χ3n) is 7.42. The molecule has 0 N–H and O–H groups in total. The Morgan fingerprint density at radius 1 is 0.438 bits per heavy atom. The summed E-state index contributed by atoms with van der Waals surface area (Å²) < 4.78 is 0. The summed E-state index contributed by atoms with van der Waals surface area (Å²) in [6, 6.07) is 0. The Bertz CT molecular complexity index is 406. The Morgan fingerprint density at radius 3 is 1.25 bits per heavy atom. The second-order valence-corrected chi connectivity index (χ2v) is 10.4. The van der Waals surface area contributed by atoms with E-state index in [0.29, 0.717) is 6.17 Å². The molecule has 1 heterocycles. The van der Waals surface area contributed by atoms with Crippen LogP contribution in [0, 0.1) is 0 Å². The fourth-order valence-corrected chi connectivity index (χ4v) is 5.20. The molecule has 190 valence electrons. The summed E-state index contributed by atoms with van der Waals surface area (Å²) in [5, 5.41) is 0. The van der Waals surface area contributed by atoms with E-state index in [1.807, 2.05) is 0 Å². The molecule has 1 aliphatic rings. The summed E-state index contributed by atoms with van der Waals surface area (Å²) in [4.78, 5) is 5.20. The van der Waals surface area contributed by atoms with Gasteiger partial charge in [0.25, 0.3) is 0 Å². The van der Waals surface area contributed by atoms with E-state index in [1.165, 1.54) is 148 Å². The largest absolute Gasteiger partial charge is 0.356 e. The van der Waals surface area contributed by atoms with Gasteiger partial charge >= 0.3 is 0 Å². The predicted molar refractivity (Wildman–Crippen MR) is 145 cm³/mol. The predicted octanol–water partition coefficient (Wildman–Crippen LogP) is 10.0. The van der Waals surface area contributed by atoms with Gasteiger partial charge in [-0.05, 0) is 26.2 Å². The molecule has 0 radical (unpaired) electrons. The van der Waals surface area contributed by atoms with E-state index in [4.69, 9.17) is 0 Å². The van der Waals surface area contributed by atoms with Crippen molar-refractivity contribution >= 4 is 0 Å². The summed E-state index contributed by atoms with van der Waals surface area (Å²) in [5.41, 5.74) is 0. The van der Waals surface area contributed by atoms with Gasteiger partial charge in [-0.25, -0.2) is 0 Å². The maximum Gasteiger partial charge on any atom is 0.101 e. The van der Waals surface area contributed by atoms with Gasteiger partial charge in [0, 0.05) is 25.5 Å². The van der Waals surface area contributed by atoms with Crippen molar-refractivity contribution in [2.45, 2.75) is 168 Å². The van der Waals surface area contributed by atoms with E-state index in [-0.39, 0.29) is 0 Å². The molecular weight excluding hydrogens is 388 g/mol. The summed E-state index contributed by atoms with van der Waals surface area (Å²) >= 11 is 0. The number of hydrogen-bond acceptors (Lipinski definition) is 2. The molecule has 1 unspecified atom stereocenters. The number of unbranched alkanes of at least 4 members (excludes halogenated alkanes) is 19. The van der Waals surface area contributed by atoms with Crippen LogP contribution < -0.4 is 0 Å². The molecule has 0 amide bonds. The monoisotopic (exact) mass is 448 g/mol. The first-order valence-corrected chi connectivity index (χ1v) is 15.0. The molecule has 0 saturated heterocycles. The van der Waals surface area contributed by atoms with Gasteiger partial charge in [0.1, 0.15) is 6.17 Å². The van der Waals surface area contributed by atoms with E-state index < -0.39 is 0 Å². The molecule has 32 heavy (non-hydrogen) atoms. The van der Waals surface area contributed by atoms with Crippen LogP contribution in [0.5, 0.6) is 0 Å². The van der Waals surface area contributed by atoms with Crippen LogP contribution in [0.25, 0.3) is 0 Å². The van der Waals surface area contributed by atoms with Crippen LogP contribution in [0.1, 0.15) is 162 Å². The number of rotatable bonds is 24. The lowest BCUT2D eigenvalue weighted by atomic mass is 10.0. The molecule has 2 heteroatoms. The fraction of sp³-hybridized carbons (Fsp3) is 0.933. The lowest BCUT2D eigenvalue weighted by Gasteiger charge is -2.32. The minimum Gasteiger partial charge on any atom is -0.356 e. The third-order valence-corrected chi connectivity index (χ3v) is 7.42. The van der Waals surface area contributed by atoms with Crippen molar-refractivity contribution in [3.05, 3.63) is 12.4 Å². The van der Waals surface area contributed by atoms with Crippen LogP contribution in [0.3, 0.4) is 0 Å². The Kier molecular flexibility index (Phi) is 20.3. The maximum atomic E-state index is 2.64. The average Bonchev–Trinajstić information content (AvgIpc) is 3.20. The Balaban J connectivity index is 1.99. The molecule has 1 atom stereocenters. The van der Waals surface area contributed by atoms with E-state index in [9.17, 15) is 0 Å². The minimum atomic E-state index is 0.636. The second-order valence-electron chi connectivity index (χ2n) is 10.4. The standard InChI is InChI=1S/C30H60N2/c1-4-7-9-11-13-15-16-17-18-19-20-22-24-26-30-31(6-3)28-29-32(30)27-25-23-21-14-12-10-8-5-2/h28-30H,4-27H2,1-3H3. The molecule has 2 nitrogen and oxygen atoms in total. The minimum absolute atomic E-state index is 0.636. The lowest BCUT2D eigenvalue weighted by molar-refractivity contribution is 0.142. The highest BCUT2D eigenvalue weighted by atomic mass is 15.4. The summed E-state index contributed by atoms with van der Waals surface area (Å²) in [6.07, 6.45) is 36.8. The SMILES string of the molecule is CCCCCCCCCCCCCCCC1N(CC)C=CN1CCCCCCCCCC. The zero-order valence-electron chi connectivity index (χ0n) is 22.6. The molecular formula is C30H60N2.